The van der Waals surface area contributed by atoms with Crippen LogP contribution in [0, 0.1) is 5.92 Å². The molecule has 0 unspecified atom stereocenters. The molecule has 5 nitrogen and oxygen atoms in total. The zero-order valence-electron chi connectivity index (χ0n) is 15.5. The van der Waals surface area contributed by atoms with Gasteiger partial charge in [-0.1, -0.05) is 29.0 Å². The van der Waals surface area contributed by atoms with Crippen molar-refractivity contribution in [2.45, 2.75) is 32.2 Å². The van der Waals surface area contributed by atoms with E-state index in [2.05, 4.69) is 10.3 Å². The molecule has 1 saturated carbocycles. The van der Waals surface area contributed by atoms with Crippen molar-refractivity contribution < 1.29 is 14.3 Å². The minimum absolute atomic E-state index is 0.0697. The van der Waals surface area contributed by atoms with Crippen LogP contribution in [0.2, 0.25) is 5.02 Å². The molecule has 1 amide bonds. The van der Waals surface area contributed by atoms with Gasteiger partial charge in [-0.05, 0) is 43.9 Å². The lowest BCUT2D eigenvalue weighted by molar-refractivity contribution is -0.121. The molecule has 0 bridgehead atoms. The van der Waals surface area contributed by atoms with Crippen molar-refractivity contribution in [3.05, 3.63) is 40.4 Å². The first-order chi connectivity index (χ1) is 13.5. The maximum Gasteiger partial charge on any atom is 0.279 e. The van der Waals surface area contributed by atoms with Crippen LogP contribution in [0.5, 0.6) is 16.7 Å². The van der Waals surface area contributed by atoms with E-state index in [1.54, 1.807) is 18.3 Å². The van der Waals surface area contributed by atoms with Gasteiger partial charge in [0.15, 0.2) is 0 Å². The highest BCUT2D eigenvalue weighted by Crippen LogP contribution is 2.35. The number of ether oxygens (including phenoxy) is 2. The molecule has 150 valence electrons. The second-order valence-corrected chi connectivity index (χ2v) is 8.44. The molecule has 1 atom stereocenters. The third kappa shape index (κ3) is 6.69. The number of nitrogens with zero attached hydrogens (tertiary/aromatic N) is 1. The fourth-order valence-electron chi connectivity index (χ4n) is 2.34. The van der Waals surface area contributed by atoms with Crippen LogP contribution < -0.4 is 14.8 Å². The normalized spacial score (nSPS) is 14.8. The van der Waals surface area contributed by atoms with Crippen LogP contribution >= 0.6 is 34.5 Å². The van der Waals surface area contributed by atoms with Gasteiger partial charge in [-0.25, -0.2) is 4.98 Å². The second kappa shape index (κ2) is 10.1. The van der Waals surface area contributed by atoms with Crippen LogP contribution in [-0.4, -0.2) is 29.4 Å². The summed E-state index contributed by atoms with van der Waals surface area (Å²) in [6.45, 7) is 2.64. The molecule has 1 aromatic heterocycles. The van der Waals surface area contributed by atoms with Crippen LogP contribution in [0.25, 0.3) is 6.08 Å². The number of carbonyl (C=O) groups excluding carboxylic acids is 1. The lowest BCUT2D eigenvalue weighted by Crippen LogP contribution is -2.30. The summed E-state index contributed by atoms with van der Waals surface area (Å²) in [4.78, 5) is 16.7. The molecule has 8 heteroatoms. The molecule has 3 rings (SSSR count). The SMILES string of the molecule is C[C@@H](C=Cc1cnc(Oc2ccc(OCC3CC3)cc2Cl)s1)NC(=O)CCCl. The molecule has 1 N–H and O–H groups in total. The number of hydrogen-bond donors (Lipinski definition) is 1. The van der Waals surface area contributed by atoms with Gasteiger partial charge >= 0.3 is 0 Å². The Balaban J connectivity index is 1.53. The number of rotatable bonds is 10. The van der Waals surface area contributed by atoms with Gasteiger partial charge in [0, 0.05) is 30.6 Å². The molecule has 1 fully saturated rings. The van der Waals surface area contributed by atoms with Crippen molar-refractivity contribution >= 4 is 46.5 Å². The molecule has 0 saturated heterocycles. The lowest BCUT2D eigenvalue weighted by atomic mass is 10.3. The van der Waals surface area contributed by atoms with Gasteiger partial charge < -0.3 is 14.8 Å². The number of thiazole rings is 1. The Morgan fingerprint density at radius 1 is 1.46 bits per heavy atom. The molecule has 2 aromatic rings. The zero-order valence-corrected chi connectivity index (χ0v) is 17.8. The number of aromatic nitrogens is 1. The quantitative estimate of drug-likeness (QED) is 0.493. The Labute approximate surface area is 178 Å². The first-order valence-corrected chi connectivity index (χ1v) is 10.9. The molecule has 0 radical (unpaired) electrons. The number of alkyl halides is 1. The van der Waals surface area contributed by atoms with Crippen molar-refractivity contribution in [3.8, 4) is 16.7 Å². The molecular formula is C20H22Cl2N2O3S. The summed E-state index contributed by atoms with van der Waals surface area (Å²) in [6, 6.07) is 5.30. The van der Waals surface area contributed by atoms with E-state index in [9.17, 15) is 4.79 Å². The Morgan fingerprint density at radius 3 is 3.00 bits per heavy atom. The van der Waals surface area contributed by atoms with Gasteiger partial charge in [0.1, 0.15) is 11.5 Å². The second-order valence-electron chi connectivity index (χ2n) is 6.63. The van der Waals surface area contributed by atoms with E-state index >= 15 is 0 Å². The van der Waals surface area contributed by atoms with Gasteiger partial charge in [-0.15, -0.1) is 11.6 Å². The molecule has 1 aliphatic carbocycles. The van der Waals surface area contributed by atoms with Crippen molar-refractivity contribution in [1.82, 2.24) is 10.3 Å². The summed E-state index contributed by atoms with van der Waals surface area (Å²) in [5.74, 6) is 2.21. The monoisotopic (exact) mass is 440 g/mol. The summed E-state index contributed by atoms with van der Waals surface area (Å²) in [6.07, 6.45) is 8.30. The molecular weight excluding hydrogens is 419 g/mol. The number of amides is 1. The van der Waals surface area contributed by atoms with Gasteiger partial charge in [-0.3, -0.25) is 4.79 Å². The van der Waals surface area contributed by atoms with Crippen molar-refractivity contribution in [2.75, 3.05) is 12.5 Å². The Bertz CT molecular complexity index is 837. The van der Waals surface area contributed by atoms with Crippen LogP contribution in [0.15, 0.2) is 30.5 Å². The zero-order chi connectivity index (χ0) is 19.9. The third-order valence-corrected chi connectivity index (χ3v) is 5.37. The topological polar surface area (TPSA) is 60.5 Å². The fraction of sp³-hybridized carbons (Fsp3) is 0.400. The standard InChI is InChI=1S/C20H22Cl2N2O3S/c1-13(24-19(25)8-9-21)2-6-16-11-23-20(28-16)27-18-7-5-15(10-17(18)22)26-12-14-3-4-14/h2,5-7,10-11,13-14H,3-4,8-9,12H2,1H3,(H,24,25)/t13-/m0/s1. The summed E-state index contributed by atoms with van der Waals surface area (Å²) in [5, 5.41) is 3.82. The van der Waals surface area contributed by atoms with Crippen molar-refractivity contribution in [3.63, 3.8) is 0 Å². The maximum atomic E-state index is 11.5. The number of hydrogen-bond acceptors (Lipinski definition) is 5. The van der Waals surface area contributed by atoms with E-state index in [4.69, 9.17) is 32.7 Å². The number of benzene rings is 1. The van der Waals surface area contributed by atoms with Crippen molar-refractivity contribution in [1.29, 1.82) is 0 Å². The Kier molecular flexibility index (Phi) is 7.59. The lowest BCUT2D eigenvalue weighted by Gasteiger charge is -2.08. The van der Waals surface area contributed by atoms with Gasteiger partial charge in [0.2, 0.25) is 5.91 Å². The van der Waals surface area contributed by atoms with E-state index in [-0.39, 0.29) is 11.9 Å². The minimum Gasteiger partial charge on any atom is -0.493 e. The first kappa shape index (κ1) is 21.0. The molecule has 0 spiro atoms. The highest BCUT2D eigenvalue weighted by atomic mass is 35.5. The maximum absolute atomic E-state index is 11.5. The van der Waals surface area contributed by atoms with Crippen LogP contribution in [0.4, 0.5) is 0 Å². The number of carbonyl (C=O) groups is 1. The van der Waals surface area contributed by atoms with Crippen molar-refractivity contribution in [2.24, 2.45) is 5.92 Å². The van der Waals surface area contributed by atoms with E-state index < -0.39 is 0 Å². The first-order valence-electron chi connectivity index (χ1n) is 9.13. The minimum atomic E-state index is -0.0974. The van der Waals surface area contributed by atoms with Gasteiger partial charge in [0.05, 0.1) is 16.5 Å². The van der Waals surface area contributed by atoms with E-state index in [1.165, 1.54) is 24.2 Å². The highest BCUT2D eigenvalue weighted by Gasteiger charge is 2.22. The predicted octanol–water partition coefficient (Wildman–Crippen LogP) is 5.52. The smallest absolute Gasteiger partial charge is 0.279 e. The largest absolute Gasteiger partial charge is 0.493 e. The van der Waals surface area contributed by atoms with Crippen LogP contribution in [0.1, 0.15) is 31.1 Å². The van der Waals surface area contributed by atoms with Crippen LogP contribution in [0.3, 0.4) is 0 Å². The summed E-state index contributed by atoms with van der Waals surface area (Å²) in [5.41, 5.74) is 0. The molecule has 1 aromatic carbocycles. The summed E-state index contributed by atoms with van der Waals surface area (Å²) >= 11 is 13.2. The highest BCUT2D eigenvalue weighted by molar-refractivity contribution is 7.14. The molecule has 0 aliphatic heterocycles. The van der Waals surface area contributed by atoms with Gasteiger partial charge in [0.25, 0.3) is 5.19 Å². The molecule has 1 aliphatic rings. The van der Waals surface area contributed by atoms with E-state index in [0.29, 0.717) is 34.2 Å². The third-order valence-electron chi connectivity index (χ3n) is 4.04. The van der Waals surface area contributed by atoms with E-state index in [1.807, 2.05) is 25.1 Å². The molecule has 28 heavy (non-hydrogen) atoms. The average molecular weight is 441 g/mol. The van der Waals surface area contributed by atoms with Crippen LogP contribution in [-0.2, 0) is 4.79 Å². The average Bonchev–Trinajstić information content (AvgIpc) is 3.38. The summed E-state index contributed by atoms with van der Waals surface area (Å²) < 4.78 is 11.5. The molecule has 1 heterocycles. The van der Waals surface area contributed by atoms with E-state index in [0.717, 1.165) is 17.2 Å². The fourth-order valence-corrected chi connectivity index (χ4v) is 3.41. The Morgan fingerprint density at radius 2 is 2.29 bits per heavy atom. The van der Waals surface area contributed by atoms with Gasteiger partial charge in [-0.2, -0.15) is 0 Å². The Hall–Kier alpha value is -1.76. The number of halogens is 2. The number of nitrogens with one attached hydrogen (secondary N) is 1. The predicted molar refractivity (Wildman–Crippen MR) is 114 cm³/mol. The summed E-state index contributed by atoms with van der Waals surface area (Å²) in [7, 11) is 0.